The van der Waals surface area contributed by atoms with Gasteiger partial charge in [-0.2, -0.15) is 5.10 Å². The fourth-order valence-corrected chi connectivity index (χ4v) is 4.75. The molecule has 36 heavy (non-hydrogen) atoms. The Balaban J connectivity index is 1.37. The van der Waals surface area contributed by atoms with E-state index in [9.17, 15) is 9.18 Å². The van der Waals surface area contributed by atoms with E-state index >= 15 is 0 Å². The van der Waals surface area contributed by atoms with Crippen LogP contribution in [0.5, 0.6) is 0 Å². The number of hydrogen-bond acceptors (Lipinski definition) is 6. The Morgan fingerprint density at radius 3 is 2.78 bits per heavy atom. The lowest BCUT2D eigenvalue weighted by Gasteiger charge is -2.35. The number of fused-ring (bicyclic) bond motifs is 1. The quantitative estimate of drug-likeness (QED) is 0.404. The van der Waals surface area contributed by atoms with Gasteiger partial charge in [0.1, 0.15) is 12.0 Å². The van der Waals surface area contributed by atoms with Crippen molar-refractivity contribution < 1.29 is 4.39 Å². The molecule has 1 aromatic carbocycles. The van der Waals surface area contributed by atoms with Crippen LogP contribution in [0.15, 0.2) is 41.5 Å². The van der Waals surface area contributed by atoms with Crippen LogP contribution < -0.4 is 10.9 Å². The highest BCUT2D eigenvalue weighted by Gasteiger charge is 2.29. The summed E-state index contributed by atoms with van der Waals surface area (Å²) < 4.78 is 16.5. The first-order valence-corrected chi connectivity index (χ1v) is 12.5. The fraction of sp³-hybridized carbons (Fsp3) is 0.385. The van der Waals surface area contributed by atoms with Gasteiger partial charge in [-0.1, -0.05) is 24.6 Å². The van der Waals surface area contributed by atoms with Gasteiger partial charge in [0.15, 0.2) is 5.82 Å². The maximum Gasteiger partial charge on any atom is 0.258 e. The Morgan fingerprint density at radius 2 is 2.11 bits per heavy atom. The maximum atomic E-state index is 14.7. The van der Waals surface area contributed by atoms with E-state index < -0.39 is 6.17 Å². The molecule has 0 saturated carbocycles. The number of H-pyrrole nitrogens is 1. The van der Waals surface area contributed by atoms with Gasteiger partial charge in [0.25, 0.3) is 5.56 Å². The number of pyridine rings is 1. The minimum atomic E-state index is -1.00. The van der Waals surface area contributed by atoms with Crippen molar-refractivity contribution in [3.63, 3.8) is 0 Å². The number of rotatable bonds is 6. The molecule has 1 fully saturated rings. The number of alkyl halides is 1. The number of hydrogen-bond donors (Lipinski definition) is 2. The van der Waals surface area contributed by atoms with Crippen LogP contribution in [0.1, 0.15) is 36.0 Å². The number of aryl methyl sites for hydroxylation is 2. The van der Waals surface area contributed by atoms with E-state index in [1.165, 1.54) is 0 Å². The summed E-state index contributed by atoms with van der Waals surface area (Å²) in [5.41, 5.74) is 3.78. The van der Waals surface area contributed by atoms with Crippen molar-refractivity contribution in [2.45, 2.75) is 45.8 Å². The van der Waals surface area contributed by atoms with Crippen LogP contribution >= 0.6 is 11.6 Å². The molecule has 1 saturated heterocycles. The van der Waals surface area contributed by atoms with Crippen molar-refractivity contribution in [2.24, 2.45) is 0 Å². The van der Waals surface area contributed by atoms with E-state index in [0.717, 1.165) is 35.7 Å². The van der Waals surface area contributed by atoms with Crippen LogP contribution in [0.4, 0.5) is 10.1 Å². The normalized spacial score (nSPS) is 18.6. The van der Waals surface area contributed by atoms with E-state index in [1.54, 1.807) is 23.0 Å². The third-order valence-corrected chi connectivity index (χ3v) is 7.13. The van der Waals surface area contributed by atoms with E-state index in [4.69, 9.17) is 11.6 Å². The van der Waals surface area contributed by atoms with Crippen molar-refractivity contribution in [3.8, 4) is 5.82 Å². The third-order valence-electron chi connectivity index (χ3n) is 6.82. The molecule has 1 aliphatic rings. The summed E-state index contributed by atoms with van der Waals surface area (Å²) in [5, 5.41) is 8.47. The average molecular weight is 510 g/mol. The fourth-order valence-electron chi connectivity index (χ4n) is 4.53. The zero-order chi connectivity index (χ0) is 25.4. The second kappa shape index (κ2) is 9.99. The summed E-state index contributed by atoms with van der Waals surface area (Å²) in [7, 11) is 0. The molecule has 8 nitrogen and oxygen atoms in total. The number of aromatic nitrogens is 5. The first-order chi connectivity index (χ1) is 17.3. The van der Waals surface area contributed by atoms with Crippen LogP contribution in [0.25, 0.3) is 16.7 Å². The van der Waals surface area contributed by atoms with Crippen molar-refractivity contribution in [3.05, 3.63) is 74.7 Å². The lowest BCUT2D eigenvalue weighted by atomic mass is 10.0. The molecule has 0 amide bonds. The number of aromatic amines is 1. The molecule has 188 valence electrons. The molecule has 4 aromatic rings. The topological polar surface area (TPSA) is 91.7 Å². The molecule has 0 bridgehead atoms. The van der Waals surface area contributed by atoms with Crippen molar-refractivity contribution in [1.29, 1.82) is 0 Å². The Bertz CT molecular complexity index is 1430. The molecule has 0 aliphatic carbocycles. The van der Waals surface area contributed by atoms with Gasteiger partial charge in [-0.15, -0.1) is 0 Å². The van der Waals surface area contributed by atoms with Crippen LogP contribution in [-0.2, 0) is 6.42 Å². The lowest BCUT2D eigenvalue weighted by Crippen LogP contribution is -2.47. The van der Waals surface area contributed by atoms with Gasteiger partial charge in [0.05, 0.1) is 33.3 Å². The zero-order valence-electron chi connectivity index (χ0n) is 20.6. The SMILES string of the molecule is CCN1CC[C@H](Nc2cc3nc(Cc4ccc(-n5cc(C)c(C)n5)nc4)[nH]c(=O)c3cc2Cl)[C@H](F)C1. The molecule has 0 unspecified atom stereocenters. The second-order valence-corrected chi connectivity index (χ2v) is 9.76. The summed E-state index contributed by atoms with van der Waals surface area (Å²) in [4.78, 5) is 26.9. The van der Waals surface area contributed by atoms with Gasteiger partial charge in [-0.05, 0) is 56.1 Å². The Kier molecular flexibility index (Phi) is 6.77. The van der Waals surface area contributed by atoms with E-state index in [2.05, 4.69) is 30.3 Å². The number of nitrogens with one attached hydrogen (secondary N) is 2. The van der Waals surface area contributed by atoms with Gasteiger partial charge in [0.2, 0.25) is 0 Å². The first-order valence-electron chi connectivity index (χ1n) is 12.1. The number of halogens is 2. The zero-order valence-corrected chi connectivity index (χ0v) is 21.3. The highest BCUT2D eigenvalue weighted by atomic mass is 35.5. The molecule has 0 radical (unpaired) electrons. The summed E-state index contributed by atoms with van der Waals surface area (Å²) in [5.74, 6) is 1.23. The van der Waals surface area contributed by atoms with Crippen LogP contribution in [0, 0.1) is 13.8 Å². The molecule has 10 heteroatoms. The molecule has 2 N–H and O–H groups in total. The van der Waals surface area contributed by atoms with Crippen molar-refractivity contribution >= 4 is 28.2 Å². The molecule has 2 atom stereocenters. The second-order valence-electron chi connectivity index (χ2n) is 9.35. The van der Waals surface area contributed by atoms with Gasteiger partial charge in [0, 0.05) is 31.9 Å². The largest absolute Gasteiger partial charge is 0.378 e. The predicted octanol–water partition coefficient (Wildman–Crippen LogP) is 4.21. The summed E-state index contributed by atoms with van der Waals surface area (Å²) in [6.07, 6.45) is 3.78. The standard InChI is InChI=1S/C26H29ClFN7O/c1-4-34-8-7-21(20(28)14-34)30-23-11-22-18(10-19(23)27)26(36)32-24(31-22)9-17-5-6-25(29-12-17)35-13-15(2)16(3)33-35/h5-6,10-13,20-21,30H,4,7-9,14H2,1-3H3,(H,31,32,36)/t20-,21+/m1/s1. The third kappa shape index (κ3) is 4.99. The number of piperidine rings is 1. The molecule has 5 rings (SSSR count). The van der Waals surface area contributed by atoms with Gasteiger partial charge in [-0.25, -0.2) is 19.0 Å². The monoisotopic (exact) mass is 509 g/mol. The Hall–Kier alpha value is -3.30. The predicted molar refractivity (Wildman–Crippen MR) is 140 cm³/mol. The van der Waals surface area contributed by atoms with Gasteiger partial charge in [-0.3, -0.25) is 4.79 Å². The average Bonchev–Trinajstić information content (AvgIpc) is 3.20. The van der Waals surface area contributed by atoms with Gasteiger partial charge < -0.3 is 15.2 Å². The van der Waals surface area contributed by atoms with Gasteiger partial charge >= 0.3 is 0 Å². The number of likely N-dealkylation sites (tertiary alicyclic amines) is 1. The van der Waals surface area contributed by atoms with Crippen molar-refractivity contribution in [1.82, 2.24) is 29.6 Å². The molecule has 3 aromatic heterocycles. The van der Waals surface area contributed by atoms with Crippen molar-refractivity contribution in [2.75, 3.05) is 25.0 Å². The Labute approximate surface area is 213 Å². The van der Waals surface area contributed by atoms with Crippen LogP contribution in [0.3, 0.4) is 0 Å². The summed E-state index contributed by atoms with van der Waals surface area (Å²) in [6, 6.07) is 6.82. The summed E-state index contributed by atoms with van der Waals surface area (Å²) in [6.45, 7) is 8.06. The molecule has 4 heterocycles. The summed E-state index contributed by atoms with van der Waals surface area (Å²) >= 11 is 6.45. The van der Waals surface area contributed by atoms with Crippen LogP contribution in [-0.4, -0.2) is 61.5 Å². The first kappa shape index (κ1) is 24.4. The lowest BCUT2D eigenvalue weighted by molar-refractivity contribution is 0.132. The Morgan fingerprint density at radius 1 is 1.28 bits per heavy atom. The molecular weight excluding hydrogens is 481 g/mol. The van der Waals surface area contributed by atoms with E-state index in [1.807, 2.05) is 39.1 Å². The van der Waals surface area contributed by atoms with E-state index in [0.29, 0.717) is 46.8 Å². The molecule has 1 aliphatic heterocycles. The smallest absolute Gasteiger partial charge is 0.258 e. The minimum absolute atomic E-state index is 0.268. The number of nitrogens with zero attached hydrogens (tertiary/aromatic N) is 5. The minimum Gasteiger partial charge on any atom is -0.378 e. The maximum absolute atomic E-state index is 14.7. The highest BCUT2D eigenvalue weighted by Crippen LogP contribution is 2.29. The highest BCUT2D eigenvalue weighted by molar-refractivity contribution is 6.34. The van der Waals surface area contributed by atoms with Crippen LogP contribution in [0.2, 0.25) is 5.02 Å². The molecular formula is C26H29ClFN7O. The number of anilines is 1. The van der Waals surface area contributed by atoms with E-state index in [-0.39, 0.29) is 11.6 Å². The number of benzene rings is 1. The molecule has 0 spiro atoms.